The number of rotatable bonds is 2. The Morgan fingerprint density at radius 1 is 1.06 bits per heavy atom. The highest BCUT2D eigenvalue weighted by Crippen LogP contribution is 2.24. The summed E-state index contributed by atoms with van der Waals surface area (Å²) in [5.41, 5.74) is 9.54. The van der Waals surface area contributed by atoms with Gasteiger partial charge in [0.05, 0.1) is 6.04 Å². The Kier molecular flexibility index (Phi) is 4.02. The lowest BCUT2D eigenvalue weighted by molar-refractivity contribution is 0.607. The Balaban J connectivity index is 2.43. The SMILES string of the molecule is Cc1cc(C(N)c2cccc(I)c2)cc(C)c1F. The maximum Gasteiger partial charge on any atom is 0.129 e. The highest BCUT2D eigenvalue weighted by atomic mass is 127. The van der Waals surface area contributed by atoms with Gasteiger partial charge >= 0.3 is 0 Å². The fraction of sp³-hybridized carbons (Fsp3) is 0.200. The van der Waals surface area contributed by atoms with E-state index in [1.165, 1.54) is 0 Å². The van der Waals surface area contributed by atoms with Gasteiger partial charge in [-0.25, -0.2) is 4.39 Å². The standard InChI is InChI=1S/C15H15FIN/c1-9-6-12(7-10(2)14(9)16)15(18)11-4-3-5-13(17)8-11/h3-8,15H,18H2,1-2H3. The number of halogens is 2. The minimum atomic E-state index is -0.210. The molecule has 0 aliphatic carbocycles. The van der Waals surface area contributed by atoms with E-state index in [-0.39, 0.29) is 11.9 Å². The van der Waals surface area contributed by atoms with Crippen molar-refractivity contribution in [1.82, 2.24) is 0 Å². The van der Waals surface area contributed by atoms with Gasteiger partial charge in [0, 0.05) is 3.57 Å². The van der Waals surface area contributed by atoms with Crippen molar-refractivity contribution in [2.24, 2.45) is 5.73 Å². The van der Waals surface area contributed by atoms with E-state index >= 15 is 0 Å². The Morgan fingerprint density at radius 2 is 1.67 bits per heavy atom. The lowest BCUT2D eigenvalue weighted by atomic mass is 9.96. The molecule has 0 spiro atoms. The number of nitrogens with two attached hydrogens (primary N) is 1. The summed E-state index contributed by atoms with van der Waals surface area (Å²) in [6.07, 6.45) is 0. The number of benzene rings is 2. The van der Waals surface area contributed by atoms with Crippen LogP contribution >= 0.6 is 22.6 Å². The van der Waals surface area contributed by atoms with E-state index in [0.717, 1.165) is 14.7 Å². The van der Waals surface area contributed by atoms with Crippen LogP contribution in [-0.2, 0) is 0 Å². The van der Waals surface area contributed by atoms with Gasteiger partial charge in [-0.2, -0.15) is 0 Å². The third-order valence-corrected chi connectivity index (χ3v) is 3.70. The second-order valence-corrected chi connectivity index (χ2v) is 5.75. The Hall–Kier alpha value is -0.940. The Labute approximate surface area is 120 Å². The van der Waals surface area contributed by atoms with Gasteiger partial charge in [-0.05, 0) is 70.8 Å². The molecule has 2 rings (SSSR count). The summed E-state index contributed by atoms with van der Waals surface area (Å²) in [4.78, 5) is 0. The summed E-state index contributed by atoms with van der Waals surface area (Å²) in [7, 11) is 0. The normalized spacial score (nSPS) is 12.5. The molecular formula is C15H15FIN. The lowest BCUT2D eigenvalue weighted by Gasteiger charge is -2.15. The van der Waals surface area contributed by atoms with Crippen LogP contribution in [0.3, 0.4) is 0 Å². The average molecular weight is 355 g/mol. The first-order valence-corrected chi connectivity index (χ1v) is 6.84. The second kappa shape index (κ2) is 5.36. The molecule has 0 fully saturated rings. The molecule has 2 N–H and O–H groups in total. The second-order valence-electron chi connectivity index (χ2n) is 4.50. The van der Waals surface area contributed by atoms with E-state index in [9.17, 15) is 4.39 Å². The summed E-state index contributed by atoms with van der Waals surface area (Å²) in [5.74, 6) is -0.145. The van der Waals surface area contributed by atoms with Gasteiger partial charge in [0.2, 0.25) is 0 Å². The molecule has 0 aliphatic rings. The molecule has 2 aromatic carbocycles. The predicted octanol–water partition coefficient (Wildman–Crippen LogP) is 4.10. The van der Waals surface area contributed by atoms with Crippen molar-refractivity contribution in [3.63, 3.8) is 0 Å². The Morgan fingerprint density at radius 3 is 2.22 bits per heavy atom. The van der Waals surface area contributed by atoms with E-state index in [1.54, 1.807) is 13.8 Å². The maximum atomic E-state index is 13.6. The first kappa shape index (κ1) is 13.5. The molecule has 94 valence electrons. The average Bonchev–Trinajstić information content (AvgIpc) is 2.34. The maximum absolute atomic E-state index is 13.6. The number of hydrogen-bond acceptors (Lipinski definition) is 1. The van der Waals surface area contributed by atoms with E-state index in [4.69, 9.17) is 5.73 Å². The van der Waals surface area contributed by atoms with E-state index in [0.29, 0.717) is 11.1 Å². The fourth-order valence-corrected chi connectivity index (χ4v) is 2.62. The first-order valence-electron chi connectivity index (χ1n) is 5.76. The zero-order chi connectivity index (χ0) is 13.3. The van der Waals surface area contributed by atoms with Gasteiger partial charge in [0.1, 0.15) is 5.82 Å². The molecule has 0 saturated heterocycles. The molecule has 0 aliphatic heterocycles. The summed E-state index contributed by atoms with van der Waals surface area (Å²) < 4.78 is 14.7. The molecule has 18 heavy (non-hydrogen) atoms. The van der Waals surface area contributed by atoms with Crippen molar-refractivity contribution in [3.8, 4) is 0 Å². The quantitative estimate of drug-likeness (QED) is 0.807. The summed E-state index contributed by atoms with van der Waals surface area (Å²) in [5, 5.41) is 0. The van der Waals surface area contributed by atoms with Crippen LogP contribution in [0.5, 0.6) is 0 Å². The molecule has 0 bridgehead atoms. The van der Waals surface area contributed by atoms with Gasteiger partial charge in [0.25, 0.3) is 0 Å². The zero-order valence-corrected chi connectivity index (χ0v) is 12.5. The predicted molar refractivity (Wildman–Crippen MR) is 81.1 cm³/mol. The van der Waals surface area contributed by atoms with Crippen molar-refractivity contribution < 1.29 is 4.39 Å². The van der Waals surface area contributed by atoms with Crippen molar-refractivity contribution >= 4 is 22.6 Å². The highest BCUT2D eigenvalue weighted by Gasteiger charge is 2.12. The molecule has 1 unspecified atom stereocenters. The molecule has 0 aromatic heterocycles. The summed E-state index contributed by atoms with van der Waals surface area (Å²) >= 11 is 2.26. The minimum absolute atomic E-state index is 0.145. The van der Waals surface area contributed by atoms with Crippen molar-refractivity contribution in [2.75, 3.05) is 0 Å². The Bertz CT molecular complexity index is 557. The third kappa shape index (κ3) is 2.72. The van der Waals surface area contributed by atoms with Crippen molar-refractivity contribution in [2.45, 2.75) is 19.9 Å². The van der Waals surface area contributed by atoms with Crippen LogP contribution in [0.25, 0.3) is 0 Å². The van der Waals surface area contributed by atoms with Crippen LogP contribution < -0.4 is 5.73 Å². The molecule has 1 nitrogen and oxygen atoms in total. The summed E-state index contributed by atoms with van der Waals surface area (Å²) in [6.45, 7) is 3.54. The van der Waals surface area contributed by atoms with E-state index in [2.05, 4.69) is 28.7 Å². The van der Waals surface area contributed by atoms with Crippen LogP contribution in [-0.4, -0.2) is 0 Å². The lowest BCUT2D eigenvalue weighted by Crippen LogP contribution is -2.13. The summed E-state index contributed by atoms with van der Waals surface area (Å²) in [6, 6.07) is 11.5. The first-order chi connectivity index (χ1) is 8.49. The van der Waals surface area contributed by atoms with Crippen LogP contribution in [0.4, 0.5) is 4.39 Å². The van der Waals surface area contributed by atoms with Crippen LogP contribution in [0.1, 0.15) is 28.3 Å². The number of hydrogen-bond donors (Lipinski definition) is 1. The van der Waals surface area contributed by atoms with E-state index in [1.807, 2.05) is 30.3 Å². The van der Waals surface area contributed by atoms with Gasteiger partial charge in [-0.15, -0.1) is 0 Å². The smallest absolute Gasteiger partial charge is 0.129 e. The largest absolute Gasteiger partial charge is 0.320 e. The monoisotopic (exact) mass is 355 g/mol. The molecular weight excluding hydrogens is 340 g/mol. The van der Waals surface area contributed by atoms with Crippen LogP contribution in [0, 0.1) is 23.2 Å². The topological polar surface area (TPSA) is 26.0 Å². The zero-order valence-electron chi connectivity index (χ0n) is 10.4. The molecule has 0 saturated carbocycles. The highest BCUT2D eigenvalue weighted by molar-refractivity contribution is 14.1. The molecule has 2 aromatic rings. The molecule has 0 amide bonds. The number of aryl methyl sites for hydroxylation is 2. The fourth-order valence-electron chi connectivity index (χ4n) is 2.05. The van der Waals surface area contributed by atoms with Crippen molar-refractivity contribution in [3.05, 3.63) is 68.0 Å². The van der Waals surface area contributed by atoms with Crippen molar-refractivity contribution in [1.29, 1.82) is 0 Å². The van der Waals surface area contributed by atoms with E-state index < -0.39 is 0 Å². The minimum Gasteiger partial charge on any atom is -0.320 e. The third-order valence-electron chi connectivity index (χ3n) is 3.03. The molecule has 1 atom stereocenters. The van der Waals surface area contributed by atoms with Crippen LogP contribution in [0.15, 0.2) is 36.4 Å². The van der Waals surface area contributed by atoms with Gasteiger partial charge in [-0.1, -0.05) is 24.3 Å². The van der Waals surface area contributed by atoms with Gasteiger partial charge < -0.3 is 5.73 Å². The molecule has 0 heterocycles. The molecule has 0 radical (unpaired) electrons. The van der Waals surface area contributed by atoms with Gasteiger partial charge in [-0.3, -0.25) is 0 Å². The van der Waals surface area contributed by atoms with Crippen LogP contribution in [0.2, 0.25) is 0 Å². The van der Waals surface area contributed by atoms with Gasteiger partial charge in [0.15, 0.2) is 0 Å². The molecule has 3 heteroatoms.